The zero-order chi connectivity index (χ0) is 31.0. The van der Waals surface area contributed by atoms with Gasteiger partial charge in [-0.25, -0.2) is 8.42 Å². The molecule has 228 valence electrons. The average Bonchev–Trinajstić information content (AvgIpc) is 2.99. The Bertz CT molecular complexity index is 1530. The zero-order valence-electron chi connectivity index (χ0n) is 23.9. The van der Waals surface area contributed by atoms with Crippen LogP contribution in [0.15, 0.2) is 83.3 Å². The molecule has 1 aliphatic rings. The lowest BCUT2D eigenvalue weighted by Gasteiger charge is -2.35. The van der Waals surface area contributed by atoms with Gasteiger partial charge in [0.15, 0.2) is 0 Å². The Kier molecular flexibility index (Phi) is 10.9. The number of nitrogens with one attached hydrogen (secondary N) is 1. The number of amides is 2. The molecule has 2 amide bonds. The molecule has 0 aliphatic heterocycles. The van der Waals surface area contributed by atoms with Crippen LogP contribution in [0.3, 0.4) is 0 Å². The molecule has 43 heavy (non-hydrogen) atoms. The number of hydrogen-bond acceptors (Lipinski definition) is 6. The minimum atomic E-state index is -4.04. The second-order valence-corrected chi connectivity index (χ2v) is 13.6. The van der Waals surface area contributed by atoms with E-state index >= 15 is 0 Å². The summed E-state index contributed by atoms with van der Waals surface area (Å²) in [5.74, 6) is -0.915. The van der Waals surface area contributed by atoms with E-state index < -0.39 is 33.4 Å². The van der Waals surface area contributed by atoms with Crippen molar-refractivity contribution in [3.05, 3.63) is 105 Å². The molecule has 0 bridgehead atoms. The fourth-order valence-electron chi connectivity index (χ4n) is 5.26. The second kappa shape index (κ2) is 14.6. The van der Waals surface area contributed by atoms with E-state index in [4.69, 9.17) is 0 Å². The molecule has 0 radical (unpaired) electrons. The van der Waals surface area contributed by atoms with Gasteiger partial charge < -0.3 is 10.2 Å². The maximum absolute atomic E-state index is 14.2. The van der Waals surface area contributed by atoms with Crippen LogP contribution in [0, 0.1) is 10.1 Å². The third-order valence-corrected chi connectivity index (χ3v) is 9.17. The lowest BCUT2D eigenvalue weighted by atomic mass is 9.94. The molecule has 0 unspecified atom stereocenters. The van der Waals surface area contributed by atoms with E-state index in [0.29, 0.717) is 0 Å². The molecule has 4 rings (SSSR count). The highest BCUT2D eigenvalue weighted by Gasteiger charge is 2.34. The number of carbonyl (C=O) groups excluding carboxylic acids is 2. The van der Waals surface area contributed by atoms with Crippen LogP contribution in [0.5, 0.6) is 0 Å². The number of benzene rings is 3. The van der Waals surface area contributed by atoms with Crippen LogP contribution in [0.2, 0.25) is 0 Å². The van der Waals surface area contributed by atoms with Gasteiger partial charge in [-0.1, -0.05) is 83.7 Å². The molecule has 1 atom stereocenters. The van der Waals surface area contributed by atoms with E-state index in [9.17, 15) is 28.1 Å². The highest BCUT2D eigenvalue weighted by Crippen LogP contribution is 2.25. The van der Waals surface area contributed by atoms with Gasteiger partial charge in [0.25, 0.3) is 5.69 Å². The zero-order valence-corrected chi connectivity index (χ0v) is 26.3. The van der Waals surface area contributed by atoms with E-state index in [0.717, 1.165) is 64.3 Å². The Morgan fingerprint density at radius 1 is 0.977 bits per heavy atom. The van der Waals surface area contributed by atoms with Crippen LogP contribution in [-0.4, -0.2) is 54.9 Å². The minimum absolute atomic E-state index is 0.00143. The molecule has 1 saturated carbocycles. The number of halogens is 1. The van der Waals surface area contributed by atoms with Gasteiger partial charge >= 0.3 is 0 Å². The monoisotopic (exact) mass is 670 g/mol. The second-order valence-electron chi connectivity index (χ2n) is 10.7. The van der Waals surface area contributed by atoms with Gasteiger partial charge in [0.05, 0.1) is 16.9 Å². The van der Waals surface area contributed by atoms with E-state index in [1.807, 2.05) is 54.6 Å². The van der Waals surface area contributed by atoms with Crippen LogP contribution in [0.25, 0.3) is 0 Å². The number of sulfonamides is 1. The third-order valence-electron chi connectivity index (χ3n) is 7.50. The lowest BCUT2D eigenvalue weighted by molar-refractivity contribution is -0.384. The van der Waals surface area contributed by atoms with Gasteiger partial charge in [-0.2, -0.15) is 0 Å². The Balaban J connectivity index is 1.73. The molecule has 3 aromatic rings. The molecule has 12 heteroatoms. The molecular weight excluding hydrogens is 636 g/mol. The van der Waals surface area contributed by atoms with E-state index in [1.54, 1.807) is 0 Å². The summed E-state index contributed by atoms with van der Waals surface area (Å²) < 4.78 is 27.5. The fourth-order valence-corrected chi connectivity index (χ4v) is 6.37. The summed E-state index contributed by atoms with van der Waals surface area (Å²) in [4.78, 5) is 40.3. The van der Waals surface area contributed by atoms with E-state index in [2.05, 4.69) is 21.2 Å². The molecule has 1 fully saturated rings. The molecule has 0 aromatic heterocycles. The van der Waals surface area contributed by atoms with Gasteiger partial charge in [0.2, 0.25) is 21.8 Å². The maximum Gasteiger partial charge on any atom is 0.271 e. The molecule has 0 heterocycles. The normalized spacial score (nSPS) is 14.5. The summed E-state index contributed by atoms with van der Waals surface area (Å²) in [6.07, 6.45) is 6.03. The number of nitro benzene ring substituents is 1. The van der Waals surface area contributed by atoms with Crippen molar-refractivity contribution in [2.24, 2.45) is 0 Å². The quantitative estimate of drug-likeness (QED) is 0.208. The van der Waals surface area contributed by atoms with E-state index in [1.165, 1.54) is 23.1 Å². The van der Waals surface area contributed by atoms with Crippen molar-refractivity contribution in [3.63, 3.8) is 0 Å². The van der Waals surface area contributed by atoms with Crippen molar-refractivity contribution in [2.45, 2.75) is 57.2 Å². The largest absolute Gasteiger partial charge is 0.352 e. The first-order valence-electron chi connectivity index (χ1n) is 14.1. The van der Waals surface area contributed by atoms with Crippen LogP contribution in [0.4, 0.5) is 11.4 Å². The predicted molar refractivity (Wildman–Crippen MR) is 169 cm³/mol. The number of hydrogen-bond donors (Lipinski definition) is 1. The van der Waals surface area contributed by atoms with Gasteiger partial charge in [-0.15, -0.1) is 0 Å². The van der Waals surface area contributed by atoms with Gasteiger partial charge in [-0.05, 0) is 42.2 Å². The first kappa shape index (κ1) is 32.2. The summed E-state index contributed by atoms with van der Waals surface area (Å²) >= 11 is 3.42. The highest BCUT2D eigenvalue weighted by atomic mass is 79.9. The standard InChI is InChI=1S/C31H35BrN4O6S/c1-43(41,42)35(27-13-8-14-28(20-27)36(39)40)22-30(37)34(21-24-15-17-25(32)18-16-24)29(19-23-9-4-2-5-10-23)31(38)33-26-11-6-3-7-12-26/h2,4-5,8-10,13-18,20,26,29H,3,6-7,11-12,19,21-22H2,1H3,(H,33,38)/t29-/m0/s1. The van der Waals surface area contributed by atoms with Crippen LogP contribution in [-0.2, 0) is 32.6 Å². The van der Waals surface area contributed by atoms with Crippen molar-refractivity contribution in [3.8, 4) is 0 Å². The smallest absolute Gasteiger partial charge is 0.271 e. The lowest BCUT2D eigenvalue weighted by Crippen LogP contribution is -2.55. The van der Waals surface area contributed by atoms with Crippen molar-refractivity contribution < 1.29 is 22.9 Å². The summed E-state index contributed by atoms with van der Waals surface area (Å²) in [5, 5.41) is 14.6. The average molecular weight is 672 g/mol. The molecular formula is C31H35BrN4O6S. The SMILES string of the molecule is CS(=O)(=O)N(CC(=O)N(Cc1ccc(Br)cc1)[C@@H](Cc1ccccc1)C(=O)NC1CCCCC1)c1cccc([N+](=O)[O-])c1. The molecule has 3 aromatic carbocycles. The summed E-state index contributed by atoms with van der Waals surface area (Å²) in [7, 11) is -4.04. The van der Waals surface area contributed by atoms with Gasteiger partial charge in [0, 0.05) is 35.6 Å². The van der Waals surface area contributed by atoms with E-state index in [-0.39, 0.29) is 36.3 Å². The summed E-state index contributed by atoms with van der Waals surface area (Å²) in [6.45, 7) is -0.591. The van der Waals surface area contributed by atoms with Crippen molar-refractivity contribution in [1.29, 1.82) is 0 Å². The number of non-ortho nitro benzene ring substituents is 1. The maximum atomic E-state index is 14.2. The Labute approximate surface area is 260 Å². The minimum Gasteiger partial charge on any atom is -0.352 e. The van der Waals surface area contributed by atoms with Gasteiger partial charge in [0.1, 0.15) is 12.6 Å². The molecule has 0 saturated heterocycles. The van der Waals surface area contributed by atoms with Crippen molar-refractivity contribution in [2.75, 3.05) is 17.1 Å². The molecule has 1 aliphatic carbocycles. The Morgan fingerprint density at radius 2 is 1.65 bits per heavy atom. The first-order chi connectivity index (χ1) is 20.5. The number of carbonyl (C=O) groups is 2. The molecule has 10 nitrogen and oxygen atoms in total. The number of anilines is 1. The molecule has 1 N–H and O–H groups in total. The molecule has 0 spiro atoms. The van der Waals surface area contributed by atoms with Crippen LogP contribution >= 0.6 is 15.9 Å². The fraction of sp³-hybridized carbons (Fsp3) is 0.355. The first-order valence-corrected chi connectivity index (χ1v) is 16.8. The number of nitrogens with zero attached hydrogens (tertiary/aromatic N) is 3. The van der Waals surface area contributed by atoms with Crippen molar-refractivity contribution >= 4 is 49.1 Å². The van der Waals surface area contributed by atoms with Crippen molar-refractivity contribution in [1.82, 2.24) is 10.2 Å². The van der Waals surface area contributed by atoms with Crippen LogP contribution in [0.1, 0.15) is 43.2 Å². The predicted octanol–water partition coefficient (Wildman–Crippen LogP) is 5.21. The summed E-state index contributed by atoms with van der Waals surface area (Å²) in [6, 6.07) is 20.9. The number of nitro groups is 1. The number of rotatable bonds is 12. The highest BCUT2D eigenvalue weighted by molar-refractivity contribution is 9.10. The van der Waals surface area contributed by atoms with Gasteiger partial charge in [-0.3, -0.25) is 24.0 Å². The van der Waals surface area contributed by atoms with Crippen LogP contribution < -0.4 is 9.62 Å². The third kappa shape index (κ3) is 9.11. The Morgan fingerprint density at radius 3 is 2.28 bits per heavy atom. The Hall–Kier alpha value is -3.77. The topological polar surface area (TPSA) is 130 Å². The summed E-state index contributed by atoms with van der Waals surface area (Å²) in [5.41, 5.74) is 1.28.